The number of aromatic nitrogens is 2. The van der Waals surface area contributed by atoms with Crippen LogP contribution in [0, 0.1) is 19.3 Å². The van der Waals surface area contributed by atoms with Crippen molar-refractivity contribution >= 4 is 0 Å². The van der Waals surface area contributed by atoms with Crippen molar-refractivity contribution in [1.29, 1.82) is 0 Å². The summed E-state index contributed by atoms with van der Waals surface area (Å²) in [6.07, 6.45) is 0. The molecule has 0 spiro atoms. The molecule has 1 heterocycles. The molecule has 0 aliphatic heterocycles. The third-order valence-electron chi connectivity index (χ3n) is 4.05. The summed E-state index contributed by atoms with van der Waals surface area (Å²) < 4.78 is 2.09. The predicted molar refractivity (Wildman–Crippen MR) is 81.3 cm³/mol. The zero-order valence-corrected chi connectivity index (χ0v) is 13.6. The maximum atomic E-state index is 5.84. The molecule has 0 saturated carbocycles. The summed E-state index contributed by atoms with van der Waals surface area (Å²) in [5.41, 5.74) is 9.76. The zero-order chi connectivity index (χ0) is 14.8. The van der Waals surface area contributed by atoms with Crippen molar-refractivity contribution in [2.45, 2.75) is 54.1 Å². The second-order valence-corrected chi connectivity index (χ2v) is 6.36. The smallest absolute Gasteiger partial charge is 0.0644 e. The Labute approximate surface area is 118 Å². The zero-order valence-electron chi connectivity index (χ0n) is 13.6. The molecule has 0 aromatic carbocycles. The molecular weight excluding hydrogens is 236 g/mol. The van der Waals surface area contributed by atoms with E-state index in [-0.39, 0.29) is 5.41 Å². The topological polar surface area (TPSA) is 47.1 Å². The van der Waals surface area contributed by atoms with Crippen molar-refractivity contribution in [2.24, 2.45) is 11.1 Å². The molecule has 19 heavy (non-hydrogen) atoms. The summed E-state index contributed by atoms with van der Waals surface area (Å²) in [6, 6.07) is 0.367. The quantitative estimate of drug-likeness (QED) is 0.860. The van der Waals surface area contributed by atoms with Gasteiger partial charge in [0, 0.05) is 30.4 Å². The highest BCUT2D eigenvalue weighted by atomic mass is 15.3. The third-order valence-corrected chi connectivity index (χ3v) is 4.05. The molecule has 0 fully saturated rings. The molecule has 110 valence electrons. The standard InChI is InChI=1S/C15H30N4/c1-8-19-13(4)14(11(2)17-19)12(3)18(7)10-15(5,6)9-16/h12H,8-10,16H2,1-7H3. The van der Waals surface area contributed by atoms with Crippen molar-refractivity contribution in [3.63, 3.8) is 0 Å². The third kappa shape index (κ3) is 3.57. The predicted octanol–water partition coefficient (Wildman–Crippen LogP) is 2.50. The minimum Gasteiger partial charge on any atom is -0.330 e. The van der Waals surface area contributed by atoms with E-state index in [1.165, 1.54) is 11.3 Å². The van der Waals surface area contributed by atoms with Gasteiger partial charge in [0.05, 0.1) is 5.69 Å². The van der Waals surface area contributed by atoms with Crippen molar-refractivity contribution in [1.82, 2.24) is 14.7 Å². The Morgan fingerprint density at radius 1 is 1.37 bits per heavy atom. The molecule has 0 radical (unpaired) electrons. The summed E-state index contributed by atoms with van der Waals surface area (Å²) in [7, 11) is 2.17. The van der Waals surface area contributed by atoms with Crippen molar-refractivity contribution in [3.05, 3.63) is 17.0 Å². The van der Waals surface area contributed by atoms with Gasteiger partial charge in [0.2, 0.25) is 0 Å². The number of rotatable bonds is 6. The first-order valence-electron chi connectivity index (χ1n) is 7.17. The van der Waals surface area contributed by atoms with Gasteiger partial charge in [-0.15, -0.1) is 0 Å². The largest absolute Gasteiger partial charge is 0.330 e. The highest BCUT2D eigenvalue weighted by molar-refractivity contribution is 5.27. The Hall–Kier alpha value is -0.870. The van der Waals surface area contributed by atoms with Gasteiger partial charge in [-0.1, -0.05) is 13.8 Å². The molecule has 4 heteroatoms. The summed E-state index contributed by atoms with van der Waals surface area (Å²) in [5, 5.41) is 4.61. The molecule has 1 atom stereocenters. The van der Waals surface area contributed by atoms with Crippen molar-refractivity contribution < 1.29 is 0 Å². The average molecular weight is 266 g/mol. The molecule has 1 unspecified atom stereocenters. The number of nitrogens with zero attached hydrogens (tertiary/aromatic N) is 3. The highest BCUT2D eigenvalue weighted by Gasteiger charge is 2.25. The van der Waals surface area contributed by atoms with E-state index in [1.54, 1.807) is 0 Å². The number of hydrogen-bond acceptors (Lipinski definition) is 3. The number of aryl methyl sites for hydroxylation is 2. The summed E-state index contributed by atoms with van der Waals surface area (Å²) >= 11 is 0. The fraction of sp³-hybridized carbons (Fsp3) is 0.800. The molecule has 0 aliphatic rings. The van der Waals surface area contributed by atoms with Crippen LogP contribution in [0.15, 0.2) is 0 Å². The Morgan fingerprint density at radius 2 is 1.95 bits per heavy atom. The molecular formula is C15H30N4. The Morgan fingerprint density at radius 3 is 2.37 bits per heavy atom. The Bertz CT molecular complexity index is 420. The van der Waals surface area contributed by atoms with Crippen LogP contribution in [0.5, 0.6) is 0 Å². The Kier molecular flexibility index (Phi) is 5.16. The summed E-state index contributed by atoms with van der Waals surface area (Å²) in [6.45, 7) is 15.7. The van der Waals surface area contributed by atoms with Crippen LogP contribution < -0.4 is 5.73 Å². The van der Waals surface area contributed by atoms with E-state index in [1.807, 2.05) is 0 Å². The molecule has 4 nitrogen and oxygen atoms in total. The maximum absolute atomic E-state index is 5.84. The van der Waals surface area contributed by atoms with Crippen molar-refractivity contribution in [3.8, 4) is 0 Å². The fourth-order valence-electron chi connectivity index (χ4n) is 2.72. The maximum Gasteiger partial charge on any atom is 0.0644 e. The minimum absolute atomic E-state index is 0.144. The molecule has 1 aromatic heterocycles. The van der Waals surface area contributed by atoms with Gasteiger partial charge in [0.25, 0.3) is 0 Å². The lowest BCUT2D eigenvalue weighted by atomic mass is 9.92. The van der Waals surface area contributed by atoms with E-state index in [9.17, 15) is 0 Å². The van der Waals surface area contributed by atoms with E-state index >= 15 is 0 Å². The van der Waals surface area contributed by atoms with E-state index < -0.39 is 0 Å². The van der Waals surface area contributed by atoms with Gasteiger partial charge in [-0.05, 0) is 46.7 Å². The van der Waals surface area contributed by atoms with E-state index in [2.05, 4.69) is 63.3 Å². The van der Waals surface area contributed by atoms with Crippen LogP contribution >= 0.6 is 0 Å². The molecule has 2 N–H and O–H groups in total. The molecule has 0 saturated heterocycles. The molecule has 0 aliphatic carbocycles. The summed E-state index contributed by atoms with van der Waals surface area (Å²) in [4.78, 5) is 2.38. The molecule has 1 aromatic rings. The molecule has 0 bridgehead atoms. The lowest BCUT2D eigenvalue weighted by Crippen LogP contribution is -2.38. The van der Waals surface area contributed by atoms with Gasteiger partial charge in [-0.2, -0.15) is 5.10 Å². The van der Waals surface area contributed by atoms with E-state index in [0.29, 0.717) is 12.6 Å². The average Bonchev–Trinajstić information content (AvgIpc) is 2.62. The van der Waals surface area contributed by atoms with Gasteiger partial charge in [0.15, 0.2) is 0 Å². The van der Waals surface area contributed by atoms with Crippen LogP contribution in [0.25, 0.3) is 0 Å². The van der Waals surface area contributed by atoms with Gasteiger partial charge >= 0.3 is 0 Å². The Balaban J connectivity index is 2.94. The number of hydrogen-bond donors (Lipinski definition) is 1. The van der Waals surface area contributed by atoms with Crippen LogP contribution in [0.1, 0.15) is 50.7 Å². The van der Waals surface area contributed by atoms with Crippen LogP contribution in [0.2, 0.25) is 0 Å². The first-order valence-corrected chi connectivity index (χ1v) is 7.17. The monoisotopic (exact) mass is 266 g/mol. The van der Waals surface area contributed by atoms with Gasteiger partial charge < -0.3 is 5.73 Å². The normalized spacial score (nSPS) is 14.2. The second-order valence-electron chi connectivity index (χ2n) is 6.36. The van der Waals surface area contributed by atoms with Crippen LogP contribution in [-0.2, 0) is 6.54 Å². The van der Waals surface area contributed by atoms with E-state index in [4.69, 9.17) is 5.73 Å². The van der Waals surface area contributed by atoms with E-state index in [0.717, 1.165) is 18.8 Å². The van der Waals surface area contributed by atoms with Gasteiger partial charge in [0.1, 0.15) is 0 Å². The van der Waals surface area contributed by atoms with Gasteiger partial charge in [-0.25, -0.2) is 0 Å². The summed E-state index contributed by atoms with van der Waals surface area (Å²) in [5.74, 6) is 0. The first kappa shape index (κ1) is 16.2. The minimum atomic E-state index is 0.144. The van der Waals surface area contributed by atoms with Crippen LogP contribution in [0.3, 0.4) is 0 Å². The van der Waals surface area contributed by atoms with Crippen LogP contribution in [0.4, 0.5) is 0 Å². The lowest BCUT2D eigenvalue weighted by Gasteiger charge is -2.33. The SMILES string of the molecule is CCn1nc(C)c(C(C)N(C)CC(C)(C)CN)c1C. The molecule has 0 amide bonds. The number of nitrogens with two attached hydrogens (primary N) is 1. The van der Waals surface area contributed by atoms with Crippen molar-refractivity contribution in [2.75, 3.05) is 20.1 Å². The highest BCUT2D eigenvalue weighted by Crippen LogP contribution is 2.28. The second kappa shape index (κ2) is 6.06. The fourth-order valence-corrected chi connectivity index (χ4v) is 2.72. The lowest BCUT2D eigenvalue weighted by molar-refractivity contribution is 0.173. The molecule has 1 rings (SSSR count). The van der Waals surface area contributed by atoms with Gasteiger partial charge in [-0.3, -0.25) is 9.58 Å². The van der Waals surface area contributed by atoms with Crippen LogP contribution in [-0.4, -0.2) is 34.8 Å². The first-order chi connectivity index (χ1) is 8.73.